The summed E-state index contributed by atoms with van der Waals surface area (Å²) >= 11 is 0. The van der Waals surface area contributed by atoms with E-state index in [0.717, 1.165) is 58.7 Å². The summed E-state index contributed by atoms with van der Waals surface area (Å²) < 4.78 is 19.8. The zero-order valence-corrected chi connectivity index (χ0v) is 27.5. The maximum Gasteiger partial charge on any atom is 0.257 e. The molecule has 0 radical (unpaired) electrons. The van der Waals surface area contributed by atoms with Crippen molar-refractivity contribution in [3.63, 3.8) is 0 Å². The van der Waals surface area contributed by atoms with Crippen molar-refractivity contribution in [3.05, 3.63) is 71.5 Å². The molecule has 10 nitrogen and oxygen atoms in total. The van der Waals surface area contributed by atoms with Crippen molar-refractivity contribution >= 4 is 33.8 Å². The number of hydrogen-bond donors (Lipinski definition) is 3. The average Bonchev–Trinajstić information content (AvgIpc) is 3.61. The van der Waals surface area contributed by atoms with Crippen molar-refractivity contribution in [2.45, 2.75) is 69.4 Å². The van der Waals surface area contributed by atoms with Gasteiger partial charge in [0.25, 0.3) is 11.8 Å². The Morgan fingerprint density at radius 2 is 1.85 bits per heavy atom. The molecule has 0 spiro atoms. The lowest BCUT2D eigenvalue weighted by atomic mass is 9.76. The number of ether oxygens (including phenoxy) is 3. The van der Waals surface area contributed by atoms with Crippen LogP contribution in [-0.4, -0.2) is 53.7 Å². The molecule has 10 heteroatoms. The van der Waals surface area contributed by atoms with Crippen LogP contribution in [0.1, 0.15) is 79.0 Å². The number of nitrogens with one attached hydrogen (secondary N) is 3. The quantitative estimate of drug-likeness (QED) is 0.175. The third-order valence-corrected chi connectivity index (χ3v) is 10.5. The van der Waals surface area contributed by atoms with Crippen LogP contribution in [0.2, 0.25) is 0 Å². The summed E-state index contributed by atoms with van der Waals surface area (Å²) in [5.41, 5.74) is 6.37. The van der Waals surface area contributed by atoms with Crippen LogP contribution in [-0.2, 0) is 16.9 Å². The Labute approximate surface area is 279 Å². The molecule has 1 aliphatic heterocycles. The molecule has 0 atom stereocenters. The largest absolute Gasteiger partial charge is 0.497 e. The lowest BCUT2D eigenvalue weighted by Crippen LogP contribution is -2.51. The Balaban J connectivity index is 1.14. The Morgan fingerprint density at radius 3 is 2.62 bits per heavy atom. The first-order valence-corrected chi connectivity index (χ1v) is 17.1. The SMILES string of the molecule is CNC(=O)COc1ccc2nc(C3(NC(=O)c4ccc5c(C6CCCCC6)c6n(c5c4)CCOc4cc(OC)ccc4-6)CCC3)[nH]c2c1. The summed E-state index contributed by atoms with van der Waals surface area (Å²) in [5, 5.41) is 7.16. The van der Waals surface area contributed by atoms with Gasteiger partial charge in [-0.3, -0.25) is 9.59 Å². The third kappa shape index (κ3) is 5.23. The standard InChI is InChI=1S/C38H41N5O5/c1-39-33(44)22-48-26-11-14-29-30(20-26)41-37(40-29)38(15-6-16-38)42-36(45)24-9-12-27-31(19-24)43-17-18-47-32-21-25(46-2)10-13-28(32)35(43)34(27)23-7-4-3-5-8-23/h9-14,19-21,23H,3-8,15-18,22H2,1-2H3,(H,39,44)(H,40,41)(H,42,45). The first-order valence-electron chi connectivity index (χ1n) is 17.1. The van der Waals surface area contributed by atoms with Gasteiger partial charge in [0, 0.05) is 41.2 Å². The topological polar surface area (TPSA) is 120 Å². The van der Waals surface area contributed by atoms with Crippen LogP contribution in [0.5, 0.6) is 17.2 Å². The summed E-state index contributed by atoms with van der Waals surface area (Å²) in [6.45, 7) is 1.16. The molecule has 8 rings (SSSR count). The Bertz CT molecular complexity index is 2030. The number of carbonyl (C=O) groups is 2. The summed E-state index contributed by atoms with van der Waals surface area (Å²) in [6, 6.07) is 17.8. The van der Waals surface area contributed by atoms with Crippen LogP contribution in [0.15, 0.2) is 54.6 Å². The third-order valence-electron chi connectivity index (χ3n) is 10.5. The Kier molecular flexibility index (Phi) is 7.73. The molecule has 3 aromatic carbocycles. The molecule has 0 bridgehead atoms. The highest BCUT2D eigenvalue weighted by Gasteiger charge is 2.43. The number of fused-ring (bicyclic) bond motifs is 6. The van der Waals surface area contributed by atoms with Gasteiger partial charge in [0.1, 0.15) is 29.7 Å². The minimum absolute atomic E-state index is 0.0609. The molecule has 48 heavy (non-hydrogen) atoms. The summed E-state index contributed by atoms with van der Waals surface area (Å²) in [7, 11) is 3.26. The maximum atomic E-state index is 14.1. The zero-order valence-electron chi connectivity index (χ0n) is 27.5. The number of rotatable bonds is 8. The van der Waals surface area contributed by atoms with E-state index in [1.807, 2.05) is 30.3 Å². The monoisotopic (exact) mass is 647 g/mol. The van der Waals surface area contributed by atoms with Crippen LogP contribution >= 0.6 is 0 Å². The van der Waals surface area contributed by atoms with E-state index in [9.17, 15) is 9.59 Å². The van der Waals surface area contributed by atoms with Gasteiger partial charge in [-0.2, -0.15) is 0 Å². The Hall–Kier alpha value is -4.99. The normalized spacial score (nSPS) is 17.0. The van der Waals surface area contributed by atoms with Crippen molar-refractivity contribution in [2.75, 3.05) is 27.4 Å². The van der Waals surface area contributed by atoms with Gasteiger partial charge in [0.2, 0.25) is 0 Å². The van der Waals surface area contributed by atoms with Gasteiger partial charge < -0.3 is 34.4 Å². The molecule has 0 saturated heterocycles. The molecule has 2 fully saturated rings. The minimum Gasteiger partial charge on any atom is -0.497 e. The predicted octanol–water partition coefficient (Wildman–Crippen LogP) is 6.57. The van der Waals surface area contributed by atoms with Crippen LogP contribution in [0.3, 0.4) is 0 Å². The fourth-order valence-corrected chi connectivity index (χ4v) is 7.80. The molecule has 5 aromatic rings. The zero-order chi connectivity index (χ0) is 32.8. The van der Waals surface area contributed by atoms with E-state index in [4.69, 9.17) is 19.2 Å². The van der Waals surface area contributed by atoms with Crippen molar-refractivity contribution < 1.29 is 23.8 Å². The molecule has 3 heterocycles. The molecular formula is C38H41N5O5. The van der Waals surface area contributed by atoms with Crippen LogP contribution in [0, 0.1) is 0 Å². The van der Waals surface area contributed by atoms with Gasteiger partial charge in [-0.1, -0.05) is 25.3 Å². The van der Waals surface area contributed by atoms with E-state index < -0.39 is 5.54 Å². The summed E-state index contributed by atoms with van der Waals surface area (Å²) in [4.78, 5) is 34.0. The number of imidazole rings is 1. The molecule has 2 saturated carbocycles. The number of H-pyrrole nitrogens is 1. The first-order chi connectivity index (χ1) is 23.5. The van der Waals surface area contributed by atoms with Crippen LogP contribution in [0.25, 0.3) is 33.2 Å². The highest BCUT2D eigenvalue weighted by Crippen LogP contribution is 2.48. The van der Waals surface area contributed by atoms with Gasteiger partial charge in [0.15, 0.2) is 6.61 Å². The number of methoxy groups -OCH3 is 1. The fraction of sp³-hybridized carbons (Fsp3) is 0.395. The first kappa shape index (κ1) is 30.4. The number of hydrogen-bond acceptors (Lipinski definition) is 6. The molecule has 0 unspecified atom stereocenters. The number of amides is 2. The Morgan fingerprint density at radius 1 is 1.02 bits per heavy atom. The number of benzene rings is 3. The van der Waals surface area contributed by atoms with E-state index >= 15 is 0 Å². The summed E-state index contributed by atoms with van der Waals surface area (Å²) in [5.74, 6) is 3.08. The lowest BCUT2D eigenvalue weighted by molar-refractivity contribution is -0.122. The smallest absolute Gasteiger partial charge is 0.257 e. The van der Waals surface area contributed by atoms with E-state index in [2.05, 4.69) is 38.4 Å². The predicted molar refractivity (Wildman–Crippen MR) is 184 cm³/mol. The van der Waals surface area contributed by atoms with Crippen LogP contribution in [0.4, 0.5) is 0 Å². The molecule has 3 aliphatic rings. The molecular weight excluding hydrogens is 606 g/mol. The highest BCUT2D eigenvalue weighted by atomic mass is 16.5. The van der Waals surface area contributed by atoms with E-state index in [1.54, 1.807) is 20.2 Å². The number of nitrogens with zero attached hydrogens (tertiary/aromatic N) is 2. The van der Waals surface area contributed by atoms with Crippen molar-refractivity contribution in [1.82, 2.24) is 25.2 Å². The van der Waals surface area contributed by atoms with Crippen molar-refractivity contribution in [3.8, 4) is 28.5 Å². The number of aromatic amines is 1. The minimum atomic E-state index is -0.580. The average molecular weight is 648 g/mol. The van der Waals surface area contributed by atoms with Gasteiger partial charge >= 0.3 is 0 Å². The maximum absolute atomic E-state index is 14.1. The second kappa shape index (κ2) is 12.2. The molecule has 2 aromatic heterocycles. The number of aromatic nitrogens is 3. The lowest BCUT2D eigenvalue weighted by Gasteiger charge is -2.40. The van der Waals surface area contributed by atoms with E-state index in [-0.39, 0.29) is 18.4 Å². The highest BCUT2D eigenvalue weighted by molar-refractivity contribution is 6.01. The van der Waals surface area contributed by atoms with Crippen molar-refractivity contribution in [1.29, 1.82) is 0 Å². The number of likely N-dealkylation sites (N-methyl/N-ethyl adjacent to an activating group) is 1. The van der Waals surface area contributed by atoms with Gasteiger partial charge in [-0.25, -0.2) is 4.98 Å². The second-order valence-corrected chi connectivity index (χ2v) is 13.3. The number of carbonyl (C=O) groups excluding carboxylic acids is 2. The fourth-order valence-electron chi connectivity index (χ4n) is 7.80. The van der Waals surface area contributed by atoms with Gasteiger partial charge in [-0.15, -0.1) is 0 Å². The molecule has 2 aliphatic carbocycles. The van der Waals surface area contributed by atoms with Crippen LogP contribution < -0.4 is 24.8 Å². The molecule has 2 amide bonds. The van der Waals surface area contributed by atoms with E-state index in [1.165, 1.54) is 48.7 Å². The second-order valence-electron chi connectivity index (χ2n) is 13.3. The van der Waals surface area contributed by atoms with Gasteiger partial charge in [0.05, 0.1) is 35.9 Å². The van der Waals surface area contributed by atoms with Crippen molar-refractivity contribution in [2.24, 2.45) is 0 Å². The molecule has 248 valence electrons. The van der Waals surface area contributed by atoms with Gasteiger partial charge in [-0.05, 0) is 80.0 Å². The van der Waals surface area contributed by atoms with E-state index in [0.29, 0.717) is 30.4 Å². The molecule has 3 N–H and O–H groups in total. The summed E-state index contributed by atoms with van der Waals surface area (Å²) in [6.07, 6.45) is 8.68.